The quantitative estimate of drug-likeness (QED) is 0.258. The number of allylic oxidation sites excluding steroid dienone is 3. The molecule has 1 aliphatic rings. The number of Topliss-reactive ketones (excluding diaryl/α,β-unsaturated/α-hetero) is 1. The van der Waals surface area contributed by atoms with Gasteiger partial charge in [-0.25, -0.2) is 4.79 Å². The van der Waals surface area contributed by atoms with Crippen molar-refractivity contribution in [3.05, 3.63) is 95.1 Å². The van der Waals surface area contributed by atoms with Crippen molar-refractivity contribution in [3.8, 4) is 0 Å². The van der Waals surface area contributed by atoms with Crippen molar-refractivity contribution in [1.29, 1.82) is 0 Å². The highest BCUT2D eigenvalue weighted by atomic mass is 32.2. The first kappa shape index (κ1) is 23.8. The summed E-state index contributed by atoms with van der Waals surface area (Å²) in [5, 5.41) is 9.47. The van der Waals surface area contributed by atoms with Crippen LogP contribution in [0.3, 0.4) is 0 Å². The minimum Gasteiger partial charge on any atom is -0.478 e. The van der Waals surface area contributed by atoms with E-state index in [1.54, 1.807) is 23.9 Å². The molecule has 1 unspecified atom stereocenters. The Balaban J connectivity index is 1.86. The molecule has 0 fully saturated rings. The third kappa shape index (κ3) is 6.09. The Kier molecular flexibility index (Phi) is 8.65. The smallest absolute Gasteiger partial charge is 0.333 e. The van der Waals surface area contributed by atoms with E-state index in [0.29, 0.717) is 23.1 Å². The van der Waals surface area contributed by atoms with Gasteiger partial charge >= 0.3 is 5.97 Å². The number of carbonyl (C=O) groups excluding carboxylic acids is 1. The molecule has 2 aromatic carbocycles. The number of rotatable bonds is 10. The summed E-state index contributed by atoms with van der Waals surface area (Å²) < 4.78 is 0. The Labute approximate surface area is 193 Å². The number of carboxylic acid groups (broad SMARTS) is 1. The Morgan fingerprint density at radius 2 is 1.66 bits per heavy atom. The topological polar surface area (TPSA) is 80.4 Å². The van der Waals surface area contributed by atoms with E-state index in [9.17, 15) is 14.7 Å². The molecule has 0 amide bonds. The molecule has 0 saturated heterocycles. The minimum atomic E-state index is -1.06. The molecule has 0 spiro atoms. The van der Waals surface area contributed by atoms with Crippen LogP contribution in [0, 0.1) is 0 Å². The summed E-state index contributed by atoms with van der Waals surface area (Å²) in [6.07, 6.45) is 9.63. The van der Waals surface area contributed by atoms with E-state index in [-0.39, 0.29) is 11.4 Å². The maximum absolute atomic E-state index is 13.5. The first-order chi connectivity index (χ1) is 15.5. The van der Waals surface area contributed by atoms with Crippen LogP contribution < -0.4 is 5.73 Å². The van der Waals surface area contributed by atoms with Gasteiger partial charge in [0.15, 0.2) is 5.78 Å². The van der Waals surface area contributed by atoms with Crippen LogP contribution in [0.4, 0.5) is 0 Å². The molecular weight excluding hydrogens is 418 g/mol. The fraction of sp³-hybridized carbons (Fsp3) is 0.259. The van der Waals surface area contributed by atoms with Crippen LogP contribution in [-0.4, -0.2) is 22.9 Å². The van der Waals surface area contributed by atoms with E-state index in [1.165, 1.54) is 6.08 Å². The normalized spacial score (nSPS) is 17.1. The number of carboxylic acids is 1. The molecule has 1 aliphatic carbocycles. The molecule has 0 saturated carbocycles. The van der Waals surface area contributed by atoms with Crippen molar-refractivity contribution < 1.29 is 14.7 Å². The van der Waals surface area contributed by atoms with Crippen LogP contribution >= 0.6 is 11.8 Å². The zero-order chi connectivity index (χ0) is 22.9. The molecule has 1 atom stereocenters. The molecular formula is C27H29NO3S. The predicted octanol–water partition coefficient (Wildman–Crippen LogP) is 6.20. The van der Waals surface area contributed by atoms with E-state index in [0.717, 1.165) is 35.5 Å². The van der Waals surface area contributed by atoms with E-state index in [2.05, 4.69) is 6.92 Å². The SMILES string of the molecule is CCCCCCC(C(=O)c1ccc(Sc2ccccc2)cc1)=C1C=CC=C(C(=O)O)C1N. The van der Waals surface area contributed by atoms with Crippen molar-refractivity contribution in [2.75, 3.05) is 0 Å². The lowest BCUT2D eigenvalue weighted by molar-refractivity contribution is -0.132. The van der Waals surface area contributed by atoms with E-state index in [1.807, 2.05) is 54.6 Å². The summed E-state index contributed by atoms with van der Waals surface area (Å²) in [7, 11) is 0. The molecule has 4 nitrogen and oxygen atoms in total. The first-order valence-corrected chi connectivity index (χ1v) is 11.8. The number of aliphatic carboxylic acids is 1. The maximum Gasteiger partial charge on any atom is 0.333 e. The second-order valence-electron chi connectivity index (χ2n) is 7.78. The molecule has 0 bridgehead atoms. The lowest BCUT2D eigenvalue weighted by atomic mass is 9.85. The van der Waals surface area contributed by atoms with Gasteiger partial charge in [-0.3, -0.25) is 4.79 Å². The fourth-order valence-electron chi connectivity index (χ4n) is 3.71. The number of ketones is 1. The average Bonchev–Trinajstić information content (AvgIpc) is 2.80. The van der Waals surface area contributed by atoms with Crippen molar-refractivity contribution in [3.63, 3.8) is 0 Å². The van der Waals surface area contributed by atoms with Crippen LogP contribution in [0.5, 0.6) is 0 Å². The van der Waals surface area contributed by atoms with Crippen LogP contribution in [0.1, 0.15) is 49.4 Å². The Morgan fingerprint density at radius 1 is 0.969 bits per heavy atom. The van der Waals surface area contributed by atoms with Crippen LogP contribution in [0.2, 0.25) is 0 Å². The molecule has 0 aromatic heterocycles. The van der Waals surface area contributed by atoms with Gasteiger partial charge in [0.2, 0.25) is 0 Å². The van der Waals surface area contributed by atoms with Crippen LogP contribution in [0.25, 0.3) is 0 Å². The standard InChI is InChI=1S/C27H29NO3S/c1-2-3-4-8-12-23(22-13-9-14-24(25(22)28)27(30)31)26(29)19-15-17-21(18-16-19)32-20-10-6-5-7-11-20/h5-7,9-11,13-18,25H,2-4,8,12,28H2,1H3,(H,30,31). The minimum absolute atomic E-state index is 0.0838. The van der Waals surface area contributed by atoms with Gasteiger partial charge in [-0.15, -0.1) is 0 Å². The van der Waals surface area contributed by atoms with Crippen molar-refractivity contribution in [1.82, 2.24) is 0 Å². The number of hydrogen-bond acceptors (Lipinski definition) is 4. The fourth-order valence-corrected chi connectivity index (χ4v) is 4.55. The van der Waals surface area contributed by atoms with Crippen LogP contribution in [-0.2, 0) is 4.79 Å². The third-order valence-corrected chi connectivity index (χ3v) is 6.48. The molecule has 0 radical (unpaired) electrons. The second kappa shape index (κ2) is 11.7. The number of benzene rings is 2. The molecule has 166 valence electrons. The summed E-state index contributed by atoms with van der Waals surface area (Å²) in [5.74, 6) is -1.14. The summed E-state index contributed by atoms with van der Waals surface area (Å²) in [6, 6.07) is 16.8. The Hall–Kier alpha value is -2.89. The summed E-state index contributed by atoms with van der Waals surface area (Å²) >= 11 is 1.64. The van der Waals surface area contributed by atoms with Gasteiger partial charge in [0.05, 0.1) is 11.6 Å². The van der Waals surface area contributed by atoms with Crippen molar-refractivity contribution >= 4 is 23.5 Å². The number of unbranched alkanes of at least 4 members (excludes halogenated alkanes) is 3. The van der Waals surface area contributed by atoms with E-state index in [4.69, 9.17) is 5.73 Å². The number of nitrogens with two attached hydrogens (primary N) is 1. The van der Waals surface area contributed by atoms with E-state index >= 15 is 0 Å². The number of hydrogen-bond donors (Lipinski definition) is 2. The molecule has 32 heavy (non-hydrogen) atoms. The van der Waals surface area contributed by atoms with Crippen molar-refractivity contribution in [2.45, 2.75) is 54.9 Å². The van der Waals surface area contributed by atoms with Crippen molar-refractivity contribution in [2.24, 2.45) is 5.73 Å². The largest absolute Gasteiger partial charge is 0.478 e. The van der Waals surface area contributed by atoms with Crippen LogP contribution in [0.15, 0.2) is 99.3 Å². The van der Waals surface area contributed by atoms with Gasteiger partial charge in [-0.2, -0.15) is 0 Å². The monoisotopic (exact) mass is 447 g/mol. The number of carbonyl (C=O) groups is 2. The third-order valence-electron chi connectivity index (χ3n) is 5.47. The summed E-state index contributed by atoms with van der Waals surface area (Å²) in [5.41, 5.74) is 8.18. The molecule has 0 heterocycles. The van der Waals surface area contributed by atoms with Gasteiger partial charge < -0.3 is 10.8 Å². The molecule has 5 heteroatoms. The molecule has 2 aromatic rings. The molecule has 3 rings (SSSR count). The molecule has 0 aliphatic heterocycles. The Morgan fingerprint density at radius 3 is 2.31 bits per heavy atom. The highest BCUT2D eigenvalue weighted by Crippen LogP contribution is 2.30. The summed E-state index contributed by atoms with van der Waals surface area (Å²) in [6.45, 7) is 2.14. The van der Waals surface area contributed by atoms with E-state index < -0.39 is 12.0 Å². The lowest BCUT2D eigenvalue weighted by Crippen LogP contribution is -2.32. The Bertz CT molecular complexity index is 1040. The zero-order valence-electron chi connectivity index (χ0n) is 18.3. The highest BCUT2D eigenvalue weighted by molar-refractivity contribution is 7.99. The van der Waals surface area contributed by atoms with Gasteiger partial charge in [0.25, 0.3) is 0 Å². The summed E-state index contributed by atoms with van der Waals surface area (Å²) in [4.78, 5) is 27.2. The lowest BCUT2D eigenvalue weighted by Gasteiger charge is -2.21. The highest BCUT2D eigenvalue weighted by Gasteiger charge is 2.26. The maximum atomic E-state index is 13.5. The average molecular weight is 448 g/mol. The van der Waals surface area contributed by atoms with Gasteiger partial charge in [0.1, 0.15) is 0 Å². The van der Waals surface area contributed by atoms with Gasteiger partial charge in [0, 0.05) is 20.9 Å². The first-order valence-electron chi connectivity index (χ1n) is 11.0. The second-order valence-corrected chi connectivity index (χ2v) is 8.92. The van der Waals surface area contributed by atoms with Gasteiger partial charge in [-0.05, 0) is 60.9 Å². The van der Waals surface area contributed by atoms with Gasteiger partial charge in [-0.1, -0.05) is 68.3 Å². The molecule has 3 N–H and O–H groups in total. The predicted molar refractivity (Wildman–Crippen MR) is 130 cm³/mol. The zero-order valence-corrected chi connectivity index (χ0v) is 19.1.